The summed E-state index contributed by atoms with van der Waals surface area (Å²) in [7, 11) is 0. The molecule has 0 aliphatic heterocycles. The molecule has 0 radical (unpaired) electrons. The molecule has 0 unspecified atom stereocenters. The summed E-state index contributed by atoms with van der Waals surface area (Å²) in [6.07, 6.45) is 0.0126. The van der Waals surface area contributed by atoms with Crippen molar-refractivity contribution in [1.29, 1.82) is 0 Å². The van der Waals surface area contributed by atoms with E-state index in [4.69, 9.17) is 26.6 Å². The molecule has 0 aliphatic carbocycles. The Labute approximate surface area is 116 Å². The Hall–Kier alpha value is -2.26. The lowest BCUT2D eigenvalue weighted by Crippen LogP contribution is -1.82. The van der Waals surface area contributed by atoms with Crippen LogP contribution in [0.15, 0.2) is 55.1 Å². The van der Waals surface area contributed by atoms with E-state index in [-0.39, 0.29) is 0 Å². The van der Waals surface area contributed by atoms with Crippen LogP contribution in [-0.2, 0) is 0 Å². The van der Waals surface area contributed by atoms with Crippen molar-refractivity contribution >= 4 is 23.8 Å². The second-order valence-electron chi connectivity index (χ2n) is 3.58. The van der Waals surface area contributed by atoms with Gasteiger partial charge in [-0.25, -0.2) is 4.79 Å². The molecule has 0 aromatic heterocycles. The number of rotatable bonds is 2. The predicted molar refractivity (Wildman–Crippen MR) is 77.6 cm³/mol. The molecule has 0 bridgehead atoms. The molecule has 3 nitrogen and oxygen atoms in total. The Bertz CT molecular complexity index is 561. The number of benzene rings is 2. The van der Waals surface area contributed by atoms with Crippen molar-refractivity contribution in [3.05, 3.63) is 65.7 Å². The zero-order valence-corrected chi connectivity index (χ0v) is 10.8. The van der Waals surface area contributed by atoms with Crippen LogP contribution in [0, 0.1) is 0 Å². The van der Waals surface area contributed by atoms with Crippen LogP contribution in [0.1, 0.15) is 5.56 Å². The number of hydrogen-bond acceptors (Lipinski definition) is 1. The molecule has 98 valence electrons. The number of carbonyl (C=O) groups is 1. The van der Waals surface area contributed by atoms with Gasteiger partial charge in [-0.05, 0) is 28.8 Å². The Morgan fingerprint density at radius 2 is 1.68 bits per heavy atom. The van der Waals surface area contributed by atoms with E-state index in [1.54, 1.807) is 0 Å². The van der Waals surface area contributed by atoms with Gasteiger partial charge >= 0.3 is 6.16 Å². The van der Waals surface area contributed by atoms with Gasteiger partial charge in [0.2, 0.25) is 0 Å². The molecule has 0 amide bonds. The third-order valence-electron chi connectivity index (χ3n) is 2.32. The van der Waals surface area contributed by atoms with E-state index in [9.17, 15) is 0 Å². The van der Waals surface area contributed by atoms with Gasteiger partial charge in [-0.3, -0.25) is 0 Å². The highest BCUT2D eigenvalue weighted by molar-refractivity contribution is 6.31. The van der Waals surface area contributed by atoms with Crippen LogP contribution in [0.25, 0.3) is 17.2 Å². The largest absolute Gasteiger partial charge is 0.503 e. The Kier molecular flexibility index (Phi) is 5.64. The molecule has 2 N–H and O–H groups in total. The van der Waals surface area contributed by atoms with Crippen molar-refractivity contribution in [2.45, 2.75) is 0 Å². The summed E-state index contributed by atoms with van der Waals surface area (Å²) < 4.78 is 0. The van der Waals surface area contributed by atoms with Crippen LogP contribution in [-0.4, -0.2) is 16.4 Å². The number of halogens is 1. The minimum Gasteiger partial charge on any atom is -0.450 e. The smallest absolute Gasteiger partial charge is 0.450 e. The van der Waals surface area contributed by atoms with Crippen molar-refractivity contribution in [2.75, 3.05) is 0 Å². The number of carboxylic acid groups (broad SMARTS) is 2. The first kappa shape index (κ1) is 14.8. The summed E-state index contributed by atoms with van der Waals surface area (Å²) in [4.78, 5) is 8.56. The van der Waals surface area contributed by atoms with Crippen molar-refractivity contribution in [2.24, 2.45) is 0 Å². The highest BCUT2D eigenvalue weighted by Gasteiger charge is 2.02. The molecule has 2 rings (SSSR count). The maximum atomic E-state index is 8.56. The second kappa shape index (κ2) is 7.24. The van der Waals surface area contributed by atoms with Gasteiger partial charge in [0, 0.05) is 5.02 Å². The first-order valence-corrected chi connectivity index (χ1v) is 5.81. The fourth-order valence-electron chi connectivity index (χ4n) is 1.57. The number of hydrogen-bond donors (Lipinski definition) is 2. The van der Waals surface area contributed by atoms with Crippen molar-refractivity contribution in [3.63, 3.8) is 0 Å². The van der Waals surface area contributed by atoms with E-state index < -0.39 is 6.16 Å². The molecule has 0 heterocycles. The predicted octanol–water partition coefficient (Wildman–Crippen LogP) is 4.87. The molecule has 2 aromatic rings. The minimum atomic E-state index is -1.83. The van der Waals surface area contributed by atoms with Crippen LogP contribution in [0.3, 0.4) is 0 Å². The lowest BCUT2D eigenvalue weighted by atomic mass is 10.00. The maximum absolute atomic E-state index is 8.56. The molecule has 0 spiro atoms. The van der Waals surface area contributed by atoms with Crippen LogP contribution in [0.5, 0.6) is 0 Å². The summed E-state index contributed by atoms with van der Waals surface area (Å²) in [5.74, 6) is 0. The average molecular weight is 277 g/mol. The first-order valence-electron chi connectivity index (χ1n) is 5.44. The molecule has 0 saturated carbocycles. The van der Waals surface area contributed by atoms with Crippen molar-refractivity contribution in [3.8, 4) is 11.1 Å². The SMILES string of the molecule is C=Cc1ccc(Cl)cc1-c1ccccc1.O=C(O)O. The van der Waals surface area contributed by atoms with Crippen LogP contribution >= 0.6 is 11.6 Å². The molecule has 0 saturated heterocycles. The van der Waals surface area contributed by atoms with E-state index in [0.717, 1.165) is 21.7 Å². The van der Waals surface area contributed by atoms with Gasteiger partial charge in [0.25, 0.3) is 0 Å². The van der Waals surface area contributed by atoms with Gasteiger partial charge in [-0.1, -0.05) is 60.7 Å². The lowest BCUT2D eigenvalue weighted by Gasteiger charge is -2.06. The molecule has 2 aromatic carbocycles. The van der Waals surface area contributed by atoms with Crippen LogP contribution in [0.2, 0.25) is 5.02 Å². The topological polar surface area (TPSA) is 57.5 Å². The fourth-order valence-corrected chi connectivity index (χ4v) is 1.75. The van der Waals surface area contributed by atoms with E-state index in [2.05, 4.69) is 18.7 Å². The fraction of sp³-hybridized carbons (Fsp3) is 0. The summed E-state index contributed by atoms with van der Waals surface area (Å²) in [5.41, 5.74) is 3.39. The van der Waals surface area contributed by atoms with Gasteiger partial charge in [0.1, 0.15) is 0 Å². The second-order valence-corrected chi connectivity index (χ2v) is 4.02. The Morgan fingerprint density at radius 1 is 1.11 bits per heavy atom. The molecular formula is C15H13ClO3. The molecule has 0 atom stereocenters. The normalized spacial score (nSPS) is 9.11. The van der Waals surface area contributed by atoms with Crippen molar-refractivity contribution in [1.82, 2.24) is 0 Å². The maximum Gasteiger partial charge on any atom is 0.503 e. The zero-order chi connectivity index (χ0) is 14.3. The van der Waals surface area contributed by atoms with Crippen LogP contribution < -0.4 is 0 Å². The third-order valence-corrected chi connectivity index (χ3v) is 2.56. The lowest BCUT2D eigenvalue weighted by molar-refractivity contribution is 0.137. The summed E-state index contributed by atoms with van der Waals surface area (Å²) in [6.45, 7) is 3.80. The van der Waals surface area contributed by atoms with Gasteiger partial charge in [0.05, 0.1) is 0 Å². The molecule has 19 heavy (non-hydrogen) atoms. The molecular weight excluding hydrogens is 264 g/mol. The van der Waals surface area contributed by atoms with Gasteiger partial charge in [-0.15, -0.1) is 0 Å². The quantitative estimate of drug-likeness (QED) is 0.822. The van der Waals surface area contributed by atoms with E-state index in [0.29, 0.717) is 0 Å². The zero-order valence-electron chi connectivity index (χ0n) is 10.1. The highest BCUT2D eigenvalue weighted by Crippen LogP contribution is 2.27. The van der Waals surface area contributed by atoms with Gasteiger partial charge in [-0.2, -0.15) is 0 Å². The Balaban J connectivity index is 0.000000399. The van der Waals surface area contributed by atoms with E-state index in [1.807, 2.05) is 42.5 Å². The van der Waals surface area contributed by atoms with Crippen LogP contribution in [0.4, 0.5) is 4.79 Å². The average Bonchev–Trinajstić information content (AvgIpc) is 2.39. The first-order chi connectivity index (χ1) is 9.04. The van der Waals surface area contributed by atoms with E-state index >= 15 is 0 Å². The summed E-state index contributed by atoms with van der Waals surface area (Å²) in [5, 5.41) is 14.7. The molecule has 4 heteroatoms. The monoisotopic (exact) mass is 276 g/mol. The van der Waals surface area contributed by atoms with Gasteiger partial charge in [0.15, 0.2) is 0 Å². The summed E-state index contributed by atoms with van der Waals surface area (Å²) >= 11 is 5.99. The molecule has 0 fully saturated rings. The Morgan fingerprint density at radius 3 is 2.21 bits per heavy atom. The van der Waals surface area contributed by atoms with E-state index in [1.165, 1.54) is 0 Å². The standard InChI is InChI=1S/C14H11Cl.CH2O3/c1-2-11-8-9-13(15)10-14(11)12-6-4-3-5-7-12;2-1(3)4/h2-10H,1H2;(H2,2,3,4). The minimum absolute atomic E-state index is 0.749. The third kappa shape index (κ3) is 4.85. The summed E-state index contributed by atoms with van der Waals surface area (Å²) in [6, 6.07) is 16.0. The van der Waals surface area contributed by atoms with Gasteiger partial charge < -0.3 is 10.2 Å². The molecule has 0 aliphatic rings. The van der Waals surface area contributed by atoms with Crippen molar-refractivity contribution < 1.29 is 15.0 Å². The highest BCUT2D eigenvalue weighted by atomic mass is 35.5.